The van der Waals surface area contributed by atoms with Crippen LogP contribution in [0.2, 0.25) is 0 Å². The zero-order chi connectivity index (χ0) is 16.0. The lowest BCUT2D eigenvalue weighted by Gasteiger charge is -2.27. The van der Waals surface area contributed by atoms with Crippen LogP contribution >= 0.6 is 0 Å². The molecule has 21 heavy (non-hydrogen) atoms. The van der Waals surface area contributed by atoms with E-state index in [4.69, 9.17) is 10.4 Å². The molecule has 0 aliphatic rings. The number of carboxylic acid groups (broad SMARTS) is 1. The molecule has 2 N–H and O–H groups in total. The standard InChI is InChI=1S/C14H16FN3O3/c1-3-18(9(2)6-13(19)20)14(21)17-12-5-4-11(15)7-10(12)8-16/h4-5,7,9H,3,6H2,1-2H3,(H,17,21)(H,19,20). The van der Waals surface area contributed by atoms with Gasteiger partial charge in [0.1, 0.15) is 11.9 Å². The second kappa shape index (κ2) is 7.24. The van der Waals surface area contributed by atoms with E-state index in [0.29, 0.717) is 6.54 Å². The molecule has 0 aromatic heterocycles. The quantitative estimate of drug-likeness (QED) is 0.871. The van der Waals surface area contributed by atoms with Gasteiger partial charge in [0, 0.05) is 12.6 Å². The number of amides is 2. The van der Waals surface area contributed by atoms with Crippen LogP contribution in [0.5, 0.6) is 0 Å². The number of benzene rings is 1. The van der Waals surface area contributed by atoms with Gasteiger partial charge in [0.05, 0.1) is 17.7 Å². The van der Waals surface area contributed by atoms with Crippen molar-refractivity contribution in [3.63, 3.8) is 0 Å². The molecule has 0 heterocycles. The van der Waals surface area contributed by atoms with Crippen molar-refractivity contribution >= 4 is 17.7 Å². The van der Waals surface area contributed by atoms with Gasteiger partial charge in [-0.05, 0) is 32.0 Å². The van der Waals surface area contributed by atoms with Gasteiger partial charge in [-0.25, -0.2) is 9.18 Å². The normalized spacial score (nSPS) is 11.3. The Balaban J connectivity index is 2.88. The lowest BCUT2D eigenvalue weighted by molar-refractivity contribution is -0.137. The highest BCUT2D eigenvalue weighted by Gasteiger charge is 2.21. The molecule has 7 heteroatoms. The Kier molecular flexibility index (Phi) is 5.67. The van der Waals surface area contributed by atoms with Gasteiger partial charge in [0.25, 0.3) is 0 Å². The molecule has 0 radical (unpaired) electrons. The maximum atomic E-state index is 13.0. The highest BCUT2D eigenvalue weighted by molar-refractivity contribution is 5.91. The van der Waals surface area contributed by atoms with Crippen molar-refractivity contribution < 1.29 is 19.1 Å². The van der Waals surface area contributed by atoms with Crippen LogP contribution < -0.4 is 5.32 Å². The minimum atomic E-state index is -1.01. The predicted molar refractivity (Wildman–Crippen MR) is 74.2 cm³/mol. The SMILES string of the molecule is CCN(C(=O)Nc1ccc(F)cc1C#N)C(C)CC(=O)O. The van der Waals surface area contributed by atoms with Gasteiger partial charge in [0.2, 0.25) is 0 Å². The second-order valence-corrected chi connectivity index (χ2v) is 4.46. The number of hydrogen-bond acceptors (Lipinski definition) is 3. The van der Waals surface area contributed by atoms with Crippen LogP contribution in [-0.2, 0) is 4.79 Å². The van der Waals surface area contributed by atoms with Crippen LogP contribution in [0, 0.1) is 17.1 Å². The van der Waals surface area contributed by atoms with Crippen molar-refractivity contribution in [3.05, 3.63) is 29.6 Å². The molecule has 1 rings (SSSR count). The van der Waals surface area contributed by atoms with E-state index in [-0.39, 0.29) is 17.7 Å². The minimum absolute atomic E-state index is 0.00490. The number of halogens is 1. The number of aliphatic carboxylic acids is 1. The van der Waals surface area contributed by atoms with Gasteiger partial charge in [0.15, 0.2) is 0 Å². The van der Waals surface area contributed by atoms with E-state index in [0.717, 1.165) is 12.1 Å². The molecule has 0 aliphatic carbocycles. The summed E-state index contributed by atoms with van der Waals surface area (Å²) in [6.45, 7) is 3.64. The molecule has 1 unspecified atom stereocenters. The van der Waals surface area contributed by atoms with Crippen LogP contribution in [-0.4, -0.2) is 34.6 Å². The molecule has 1 aromatic rings. The van der Waals surface area contributed by atoms with Gasteiger partial charge in [-0.15, -0.1) is 0 Å². The molecular formula is C14H16FN3O3. The highest BCUT2D eigenvalue weighted by atomic mass is 19.1. The van der Waals surface area contributed by atoms with Crippen molar-refractivity contribution in [2.24, 2.45) is 0 Å². The summed E-state index contributed by atoms with van der Waals surface area (Å²) in [6.07, 6.45) is -0.185. The number of carbonyl (C=O) groups excluding carboxylic acids is 1. The van der Waals surface area contributed by atoms with E-state index in [1.807, 2.05) is 0 Å². The molecule has 0 saturated carbocycles. The second-order valence-electron chi connectivity index (χ2n) is 4.46. The van der Waals surface area contributed by atoms with Crippen LogP contribution in [0.15, 0.2) is 18.2 Å². The number of hydrogen-bond donors (Lipinski definition) is 2. The summed E-state index contributed by atoms with van der Waals surface area (Å²) >= 11 is 0. The molecule has 0 bridgehead atoms. The first-order chi connectivity index (χ1) is 9.88. The number of carbonyl (C=O) groups is 2. The number of urea groups is 1. The number of nitrogens with zero attached hydrogens (tertiary/aromatic N) is 2. The van der Waals surface area contributed by atoms with Crippen molar-refractivity contribution in [1.29, 1.82) is 5.26 Å². The predicted octanol–water partition coefficient (Wildman–Crippen LogP) is 2.41. The van der Waals surface area contributed by atoms with Crippen LogP contribution in [0.3, 0.4) is 0 Å². The van der Waals surface area contributed by atoms with Gasteiger partial charge < -0.3 is 15.3 Å². The lowest BCUT2D eigenvalue weighted by atomic mass is 10.2. The topological polar surface area (TPSA) is 93.4 Å². The Morgan fingerprint density at radius 2 is 2.19 bits per heavy atom. The molecule has 0 fully saturated rings. The average molecular weight is 293 g/mol. The molecule has 2 amide bonds. The third kappa shape index (κ3) is 4.45. The number of rotatable bonds is 5. The maximum Gasteiger partial charge on any atom is 0.322 e. The monoisotopic (exact) mass is 293 g/mol. The van der Waals surface area contributed by atoms with E-state index in [1.165, 1.54) is 11.0 Å². The molecule has 6 nitrogen and oxygen atoms in total. The third-order valence-corrected chi connectivity index (χ3v) is 2.95. The lowest BCUT2D eigenvalue weighted by Crippen LogP contribution is -2.42. The smallest absolute Gasteiger partial charge is 0.322 e. The van der Waals surface area contributed by atoms with Crippen molar-refractivity contribution in [3.8, 4) is 6.07 Å². The average Bonchev–Trinajstić information content (AvgIpc) is 2.40. The Morgan fingerprint density at radius 1 is 1.52 bits per heavy atom. The Labute approximate surface area is 121 Å². The molecule has 0 spiro atoms. The van der Waals surface area contributed by atoms with E-state index < -0.39 is 23.9 Å². The van der Waals surface area contributed by atoms with Crippen molar-refractivity contribution in [2.45, 2.75) is 26.3 Å². The summed E-state index contributed by atoms with van der Waals surface area (Å²) < 4.78 is 13.0. The molecule has 1 atom stereocenters. The molecule has 0 saturated heterocycles. The van der Waals surface area contributed by atoms with E-state index in [1.54, 1.807) is 19.9 Å². The number of anilines is 1. The van der Waals surface area contributed by atoms with Crippen molar-refractivity contribution in [2.75, 3.05) is 11.9 Å². The fraction of sp³-hybridized carbons (Fsp3) is 0.357. The van der Waals surface area contributed by atoms with Crippen molar-refractivity contribution in [1.82, 2.24) is 4.90 Å². The van der Waals surface area contributed by atoms with E-state index in [9.17, 15) is 14.0 Å². The summed E-state index contributed by atoms with van der Waals surface area (Å²) in [5.41, 5.74) is 0.190. The highest BCUT2D eigenvalue weighted by Crippen LogP contribution is 2.17. The maximum absolute atomic E-state index is 13.0. The Morgan fingerprint density at radius 3 is 2.71 bits per heavy atom. The summed E-state index contributed by atoms with van der Waals surface area (Å²) in [7, 11) is 0. The first-order valence-electron chi connectivity index (χ1n) is 6.38. The van der Waals surface area contributed by atoms with Gasteiger partial charge in [-0.3, -0.25) is 4.79 Å². The molecule has 1 aromatic carbocycles. The number of nitrogens with one attached hydrogen (secondary N) is 1. The zero-order valence-electron chi connectivity index (χ0n) is 11.8. The Bertz CT molecular complexity index is 583. The van der Waals surface area contributed by atoms with Crippen LogP contribution in [0.4, 0.5) is 14.9 Å². The summed E-state index contributed by atoms with van der Waals surface area (Å²) in [5.74, 6) is -1.58. The van der Waals surface area contributed by atoms with Gasteiger partial charge in [-0.1, -0.05) is 0 Å². The first kappa shape index (κ1) is 16.4. The molecule has 0 aliphatic heterocycles. The number of carboxylic acids is 1. The van der Waals surface area contributed by atoms with E-state index >= 15 is 0 Å². The summed E-state index contributed by atoms with van der Waals surface area (Å²) in [5, 5.41) is 20.2. The first-order valence-corrected chi connectivity index (χ1v) is 6.38. The Hall–Kier alpha value is -2.62. The van der Waals surface area contributed by atoms with Crippen LogP contribution in [0.1, 0.15) is 25.8 Å². The summed E-state index contributed by atoms with van der Waals surface area (Å²) in [4.78, 5) is 24.2. The van der Waals surface area contributed by atoms with Gasteiger partial charge >= 0.3 is 12.0 Å². The fourth-order valence-corrected chi connectivity index (χ4v) is 1.92. The summed E-state index contributed by atoms with van der Waals surface area (Å²) in [6, 6.07) is 4.20. The van der Waals surface area contributed by atoms with E-state index in [2.05, 4.69) is 5.32 Å². The third-order valence-electron chi connectivity index (χ3n) is 2.95. The van der Waals surface area contributed by atoms with Gasteiger partial charge in [-0.2, -0.15) is 5.26 Å². The largest absolute Gasteiger partial charge is 0.481 e. The zero-order valence-corrected chi connectivity index (χ0v) is 11.8. The molecule has 112 valence electrons. The van der Waals surface area contributed by atoms with Crippen LogP contribution in [0.25, 0.3) is 0 Å². The minimum Gasteiger partial charge on any atom is -0.481 e. The molecular weight excluding hydrogens is 277 g/mol. The fourth-order valence-electron chi connectivity index (χ4n) is 1.92. The number of nitriles is 1.